The number of hydrogen-bond acceptors (Lipinski definition) is 4. The first-order valence-corrected chi connectivity index (χ1v) is 9.13. The Bertz CT molecular complexity index is 1010. The van der Waals surface area contributed by atoms with Crippen molar-refractivity contribution < 1.29 is 4.79 Å². The maximum absolute atomic E-state index is 12.6. The minimum absolute atomic E-state index is 0.121. The second-order valence-electron chi connectivity index (χ2n) is 6.45. The van der Waals surface area contributed by atoms with Crippen molar-refractivity contribution in [1.82, 2.24) is 14.9 Å². The lowest BCUT2D eigenvalue weighted by atomic mass is 10.1. The van der Waals surface area contributed by atoms with Crippen LogP contribution in [-0.2, 0) is 17.9 Å². The van der Waals surface area contributed by atoms with Crippen LogP contribution in [-0.4, -0.2) is 22.0 Å². The van der Waals surface area contributed by atoms with Gasteiger partial charge in [-0.25, -0.2) is 4.98 Å². The van der Waals surface area contributed by atoms with Gasteiger partial charge in [-0.15, -0.1) is 0 Å². The highest BCUT2D eigenvalue weighted by atomic mass is 16.2. The Balaban J connectivity index is 1.69. The van der Waals surface area contributed by atoms with Gasteiger partial charge in [-0.2, -0.15) is 0 Å². The van der Waals surface area contributed by atoms with Crippen LogP contribution in [0.25, 0.3) is 10.9 Å². The van der Waals surface area contributed by atoms with Crippen LogP contribution in [0.4, 0.5) is 5.69 Å². The summed E-state index contributed by atoms with van der Waals surface area (Å²) in [7, 11) is 0. The fraction of sp³-hybridized carbons (Fsp3) is 0.286. The van der Waals surface area contributed by atoms with Crippen LogP contribution in [0.2, 0.25) is 0 Å². The molecule has 3 aromatic rings. The molecule has 6 nitrogen and oxygen atoms in total. The van der Waals surface area contributed by atoms with E-state index < -0.39 is 0 Å². The van der Waals surface area contributed by atoms with Crippen LogP contribution in [0.5, 0.6) is 0 Å². The van der Waals surface area contributed by atoms with E-state index in [1.165, 1.54) is 10.9 Å². The maximum Gasteiger partial charge on any atom is 0.261 e. The van der Waals surface area contributed by atoms with Gasteiger partial charge in [0.1, 0.15) is 0 Å². The zero-order valence-electron chi connectivity index (χ0n) is 15.7. The van der Waals surface area contributed by atoms with Crippen molar-refractivity contribution in [3.63, 3.8) is 0 Å². The van der Waals surface area contributed by atoms with Crippen molar-refractivity contribution in [2.24, 2.45) is 0 Å². The third-order valence-corrected chi connectivity index (χ3v) is 4.49. The Morgan fingerprint density at radius 2 is 1.96 bits per heavy atom. The first-order chi connectivity index (χ1) is 13.1. The average Bonchev–Trinajstić information content (AvgIpc) is 2.67. The first kappa shape index (κ1) is 18.8. The molecule has 0 aliphatic carbocycles. The smallest absolute Gasteiger partial charge is 0.261 e. The third kappa shape index (κ3) is 4.41. The fourth-order valence-electron chi connectivity index (χ4n) is 2.99. The molecule has 1 aromatic heterocycles. The molecular formula is C21H24N4O2. The monoisotopic (exact) mass is 364 g/mol. The SMILES string of the molecule is CCNCc1ccccc1NC(=O)CCn1cnc2c(C)cccc2c1=O. The highest BCUT2D eigenvalue weighted by molar-refractivity contribution is 5.91. The number of aryl methyl sites for hydroxylation is 2. The molecule has 1 amide bonds. The van der Waals surface area contributed by atoms with Gasteiger partial charge >= 0.3 is 0 Å². The summed E-state index contributed by atoms with van der Waals surface area (Å²) < 4.78 is 1.49. The highest BCUT2D eigenvalue weighted by Gasteiger charge is 2.09. The van der Waals surface area contributed by atoms with E-state index in [0.29, 0.717) is 17.4 Å². The van der Waals surface area contributed by atoms with E-state index in [0.717, 1.165) is 23.4 Å². The molecule has 3 rings (SSSR count). The number of nitrogens with zero attached hydrogens (tertiary/aromatic N) is 2. The Morgan fingerprint density at radius 3 is 2.78 bits per heavy atom. The number of carbonyl (C=O) groups excluding carboxylic acids is 1. The fourth-order valence-corrected chi connectivity index (χ4v) is 2.99. The summed E-state index contributed by atoms with van der Waals surface area (Å²) in [4.78, 5) is 29.4. The lowest BCUT2D eigenvalue weighted by molar-refractivity contribution is -0.116. The van der Waals surface area contributed by atoms with Gasteiger partial charge in [0.25, 0.3) is 5.56 Å². The largest absolute Gasteiger partial charge is 0.326 e. The van der Waals surface area contributed by atoms with Gasteiger partial charge in [-0.05, 0) is 36.7 Å². The van der Waals surface area contributed by atoms with Gasteiger partial charge in [0.2, 0.25) is 5.91 Å². The number of hydrogen-bond donors (Lipinski definition) is 2. The zero-order chi connectivity index (χ0) is 19.2. The van der Waals surface area contributed by atoms with E-state index in [1.54, 1.807) is 6.07 Å². The number of amides is 1. The van der Waals surface area contributed by atoms with Gasteiger partial charge in [0.05, 0.1) is 17.2 Å². The van der Waals surface area contributed by atoms with Crippen molar-refractivity contribution >= 4 is 22.5 Å². The molecular weight excluding hydrogens is 340 g/mol. The maximum atomic E-state index is 12.6. The minimum Gasteiger partial charge on any atom is -0.326 e. The molecule has 6 heteroatoms. The number of aromatic nitrogens is 2. The normalized spacial score (nSPS) is 10.9. The molecule has 0 radical (unpaired) electrons. The number of anilines is 1. The van der Waals surface area contributed by atoms with Crippen molar-refractivity contribution in [2.45, 2.75) is 33.4 Å². The van der Waals surface area contributed by atoms with E-state index in [9.17, 15) is 9.59 Å². The van der Waals surface area contributed by atoms with Crippen molar-refractivity contribution in [3.8, 4) is 0 Å². The quantitative estimate of drug-likeness (QED) is 0.676. The van der Waals surface area contributed by atoms with E-state index in [4.69, 9.17) is 0 Å². The Morgan fingerprint density at radius 1 is 1.15 bits per heavy atom. The van der Waals surface area contributed by atoms with Crippen molar-refractivity contribution in [1.29, 1.82) is 0 Å². The Kier molecular flexibility index (Phi) is 5.98. The van der Waals surface area contributed by atoms with Gasteiger partial charge in [0, 0.05) is 25.2 Å². The number of carbonyl (C=O) groups is 1. The summed E-state index contributed by atoms with van der Waals surface area (Å²) in [6.07, 6.45) is 1.72. The molecule has 1 heterocycles. The second-order valence-corrected chi connectivity index (χ2v) is 6.45. The lowest BCUT2D eigenvalue weighted by Crippen LogP contribution is -2.24. The molecule has 0 spiro atoms. The predicted octanol–water partition coefficient (Wildman–Crippen LogP) is 2.84. The summed E-state index contributed by atoms with van der Waals surface area (Å²) in [5.41, 5.74) is 3.38. The van der Waals surface area contributed by atoms with Gasteiger partial charge in [-0.1, -0.05) is 37.3 Å². The third-order valence-electron chi connectivity index (χ3n) is 4.49. The zero-order valence-corrected chi connectivity index (χ0v) is 15.7. The number of fused-ring (bicyclic) bond motifs is 1. The van der Waals surface area contributed by atoms with Crippen LogP contribution in [0, 0.1) is 6.92 Å². The van der Waals surface area contributed by atoms with Crippen LogP contribution < -0.4 is 16.2 Å². The molecule has 0 unspecified atom stereocenters. The molecule has 0 aliphatic rings. The molecule has 140 valence electrons. The number of benzene rings is 2. The van der Waals surface area contributed by atoms with Gasteiger partial charge in [0.15, 0.2) is 0 Å². The molecule has 0 bridgehead atoms. The van der Waals surface area contributed by atoms with Crippen LogP contribution in [0.1, 0.15) is 24.5 Å². The minimum atomic E-state index is -0.129. The highest BCUT2D eigenvalue weighted by Crippen LogP contribution is 2.15. The van der Waals surface area contributed by atoms with E-state index in [1.807, 2.05) is 50.2 Å². The Labute approximate surface area is 158 Å². The van der Waals surface area contributed by atoms with Gasteiger partial charge < -0.3 is 10.6 Å². The summed E-state index contributed by atoms with van der Waals surface area (Å²) in [5, 5.41) is 6.78. The molecule has 0 saturated heterocycles. The van der Waals surface area contributed by atoms with E-state index in [2.05, 4.69) is 15.6 Å². The van der Waals surface area contributed by atoms with E-state index >= 15 is 0 Å². The molecule has 0 saturated carbocycles. The molecule has 0 fully saturated rings. The topological polar surface area (TPSA) is 76.0 Å². The molecule has 0 atom stereocenters. The summed E-state index contributed by atoms with van der Waals surface area (Å²) in [5.74, 6) is -0.129. The first-order valence-electron chi connectivity index (χ1n) is 9.13. The number of rotatable bonds is 7. The summed E-state index contributed by atoms with van der Waals surface area (Å²) in [6, 6.07) is 13.3. The van der Waals surface area contributed by atoms with Crippen LogP contribution in [0.15, 0.2) is 53.6 Å². The molecule has 0 aliphatic heterocycles. The van der Waals surface area contributed by atoms with E-state index in [-0.39, 0.29) is 24.4 Å². The second kappa shape index (κ2) is 8.60. The summed E-state index contributed by atoms with van der Waals surface area (Å²) in [6.45, 7) is 5.81. The molecule has 2 aromatic carbocycles. The number of para-hydroxylation sites is 2. The Hall–Kier alpha value is -2.99. The summed E-state index contributed by atoms with van der Waals surface area (Å²) >= 11 is 0. The van der Waals surface area contributed by atoms with Crippen molar-refractivity contribution in [2.75, 3.05) is 11.9 Å². The van der Waals surface area contributed by atoms with Crippen LogP contribution in [0.3, 0.4) is 0 Å². The molecule has 27 heavy (non-hydrogen) atoms. The van der Waals surface area contributed by atoms with Gasteiger partial charge in [-0.3, -0.25) is 14.2 Å². The number of nitrogens with one attached hydrogen (secondary N) is 2. The standard InChI is InChI=1S/C21H24N4O2/c1-3-22-13-16-8-4-5-10-18(16)24-19(26)11-12-25-14-23-20-15(2)7-6-9-17(20)21(25)27/h4-10,14,22H,3,11-13H2,1-2H3,(H,24,26). The van der Waals surface area contributed by atoms with Crippen molar-refractivity contribution in [3.05, 3.63) is 70.3 Å². The van der Waals surface area contributed by atoms with Crippen LogP contribution >= 0.6 is 0 Å². The molecule has 2 N–H and O–H groups in total. The lowest BCUT2D eigenvalue weighted by Gasteiger charge is -2.12. The predicted molar refractivity (Wildman–Crippen MR) is 108 cm³/mol. The average molecular weight is 364 g/mol.